The molecule has 1 heterocycles. The molecule has 90 valence electrons. The maximum absolute atomic E-state index is 9.08. The summed E-state index contributed by atoms with van der Waals surface area (Å²) < 4.78 is 4.81. The van der Waals surface area contributed by atoms with E-state index in [9.17, 15) is 0 Å². The van der Waals surface area contributed by atoms with Gasteiger partial charge in [0.2, 0.25) is 11.2 Å². The van der Waals surface area contributed by atoms with E-state index in [1.165, 1.54) is 7.11 Å². The lowest BCUT2D eigenvalue weighted by Crippen LogP contribution is -2.43. The van der Waals surface area contributed by atoms with Gasteiger partial charge in [0.25, 0.3) is 0 Å². The minimum absolute atomic E-state index is 0.0346. The van der Waals surface area contributed by atoms with Crippen molar-refractivity contribution in [3.8, 4) is 6.01 Å². The number of methoxy groups -OCH3 is 1. The second-order valence-corrected chi connectivity index (χ2v) is 3.75. The molecule has 0 atom stereocenters. The largest absolute Gasteiger partial charge is 0.467 e. The van der Waals surface area contributed by atoms with Crippen molar-refractivity contribution in [2.45, 2.75) is 12.5 Å². The van der Waals surface area contributed by atoms with E-state index in [1.807, 2.05) is 0 Å². The van der Waals surface area contributed by atoms with Crippen LogP contribution in [0, 0.1) is 0 Å². The zero-order valence-corrected chi connectivity index (χ0v) is 9.69. The highest BCUT2D eigenvalue weighted by atomic mass is 35.5. The Morgan fingerprint density at radius 3 is 2.44 bits per heavy atom. The molecular weight excluding hydrogens is 236 g/mol. The van der Waals surface area contributed by atoms with Crippen molar-refractivity contribution in [2.75, 3.05) is 25.6 Å². The van der Waals surface area contributed by atoms with Gasteiger partial charge in [-0.1, -0.05) is 0 Å². The van der Waals surface area contributed by atoms with Gasteiger partial charge in [0, 0.05) is 0 Å². The van der Waals surface area contributed by atoms with Crippen molar-refractivity contribution in [3.05, 3.63) is 5.28 Å². The smallest absolute Gasteiger partial charge is 0.322 e. The Bertz CT molecular complexity index is 359. The molecule has 0 spiro atoms. The topological polar surface area (TPSA) is 100 Å². The molecule has 0 amide bonds. The summed E-state index contributed by atoms with van der Waals surface area (Å²) >= 11 is 5.64. The van der Waals surface area contributed by atoms with E-state index in [-0.39, 0.29) is 30.5 Å². The summed E-state index contributed by atoms with van der Waals surface area (Å²) in [4.78, 5) is 11.4. The number of nitrogens with one attached hydrogen (secondary N) is 1. The number of aliphatic hydroxyl groups is 2. The monoisotopic (exact) mass is 248 g/mol. The average molecular weight is 249 g/mol. The lowest BCUT2D eigenvalue weighted by atomic mass is 10.1. The maximum atomic E-state index is 9.08. The Kier molecular flexibility index (Phi) is 4.22. The number of nitrogens with zero attached hydrogens (tertiary/aromatic N) is 3. The molecule has 1 aromatic heterocycles. The van der Waals surface area contributed by atoms with Gasteiger partial charge in [-0.25, -0.2) is 0 Å². The molecule has 0 aliphatic rings. The van der Waals surface area contributed by atoms with Crippen molar-refractivity contribution in [3.63, 3.8) is 0 Å². The molecule has 3 N–H and O–H groups in total. The Hall–Kier alpha value is -1.18. The molecule has 0 aliphatic carbocycles. The number of rotatable bonds is 5. The molecule has 0 bridgehead atoms. The van der Waals surface area contributed by atoms with Crippen LogP contribution in [-0.4, -0.2) is 51.0 Å². The highest BCUT2D eigenvalue weighted by molar-refractivity contribution is 6.28. The van der Waals surface area contributed by atoms with Crippen LogP contribution in [-0.2, 0) is 0 Å². The van der Waals surface area contributed by atoms with E-state index in [1.54, 1.807) is 6.92 Å². The van der Waals surface area contributed by atoms with Crippen LogP contribution in [0.2, 0.25) is 5.28 Å². The fourth-order valence-electron chi connectivity index (χ4n) is 0.878. The van der Waals surface area contributed by atoms with Crippen molar-refractivity contribution in [1.29, 1.82) is 0 Å². The molecule has 0 unspecified atom stereocenters. The second-order valence-electron chi connectivity index (χ2n) is 3.42. The van der Waals surface area contributed by atoms with Crippen molar-refractivity contribution in [1.82, 2.24) is 15.0 Å². The first-order valence-electron chi connectivity index (χ1n) is 4.48. The third-order valence-corrected chi connectivity index (χ3v) is 2.05. The van der Waals surface area contributed by atoms with Crippen LogP contribution in [0.5, 0.6) is 6.01 Å². The molecule has 0 saturated carbocycles. The normalized spacial score (nSPS) is 11.3. The summed E-state index contributed by atoms with van der Waals surface area (Å²) in [5, 5.41) is 20.9. The molecule has 0 aliphatic heterocycles. The maximum Gasteiger partial charge on any atom is 0.322 e. The minimum atomic E-state index is -0.935. The highest BCUT2D eigenvalue weighted by Crippen LogP contribution is 2.15. The Morgan fingerprint density at radius 1 is 1.31 bits per heavy atom. The third-order valence-electron chi connectivity index (χ3n) is 1.88. The van der Waals surface area contributed by atoms with Crippen molar-refractivity contribution < 1.29 is 14.9 Å². The first kappa shape index (κ1) is 12.9. The van der Waals surface area contributed by atoms with Gasteiger partial charge in [-0.15, -0.1) is 0 Å². The van der Waals surface area contributed by atoms with Crippen LogP contribution < -0.4 is 10.1 Å². The molecule has 0 saturated heterocycles. The van der Waals surface area contributed by atoms with E-state index in [2.05, 4.69) is 20.3 Å². The first-order valence-corrected chi connectivity index (χ1v) is 4.86. The van der Waals surface area contributed by atoms with Gasteiger partial charge in [0.1, 0.15) is 0 Å². The molecular formula is C8H13ClN4O3. The predicted octanol–water partition coefficient (Wildman–Crippen LogP) is -0.311. The van der Waals surface area contributed by atoms with Crippen molar-refractivity contribution in [2.24, 2.45) is 0 Å². The Balaban J connectivity index is 2.92. The van der Waals surface area contributed by atoms with Crippen LogP contribution in [0.15, 0.2) is 0 Å². The van der Waals surface area contributed by atoms with Gasteiger partial charge in [-0.05, 0) is 18.5 Å². The van der Waals surface area contributed by atoms with Crippen LogP contribution in [0.25, 0.3) is 0 Å². The molecule has 1 rings (SSSR count). The third kappa shape index (κ3) is 3.16. The molecule has 7 nitrogen and oxygen atoms in total. The zero-order valence-electron chi connectivity index (χ0n) is 8.94. The van der Waals surface area contributed by atoms with E-state index in [4.69, 9.17) is 26.6 Å². The molecule has 0 fully saturated rings. The van der Waals surface area contributed by atoms with Gasteiger partial charge >= 0.3 is 6.01 Å². The minimum Gasteiger partial charge on any atom is -0.467 e. The summed E-state index contributed by atoms with van der Waals surface area (Å²) in [7, 11) is 1.40. The number of halogens is 1. The molecule has 0 radical (unpaired) electrons. The van der Waals surface area contributed by atoms with Crippen LogP contribution in [0.1, 0.15) is 6.92 Å². The fraction of sp³-hybridized carbons (Fsp3) is 0.625. The van der Waals surface area contributed by atoms with Crippen molar-refractivity contribution >= 4 is 17.5 Å². The number of ether oxygens (including phenoxy) is 1. The molecule has 0 aromatic carbocycles. The summed E-state index contributed by atoms with van der Waals surface area (Å²) in [6, 6.07) is 0.0562. The Morgan fingerprint density at radius 2 is 1.94 bits per heavy atom. The van der Waals surface area contributed by atoms with Crippen LogP contribution >= 0.6 is 11.6 Å². The highest BCUT2D eigenvalue weighted by Gasteiger charge is 2.23. The fourth-order valence-corrected chi connectivity index (χ4v) is 1.03. The van der Waals surface area contributed by atoms with Gasteiger partial charge in [0.15, 0.2) is 0 Å². The predicted molar refractivity (Wildman–Crippen MR) is 57.6 cm³/mol. The summed E-state index contributed by atoms with van der Waals surface area (Å²) in [6.07, 6.45) is 0. The van der Waals surface area contributed by atoms with E-state index < -0.39 is 5.54 Å². The van der Waals surface area contributed by atoms with Crippen LogP contribution in [0.4, 0.5) is 5.95 Å². The number of aliphatic hydroxyl groups excluding tert-OH is 2. The van der Waals surface area contributed by atoms with Crippen LogP contribution in [0.3, 0.4) is 0 Å². The first-order chi connectivity index (χ1) is 7.53. The molecule has 1 aromatic rings. The summed E-state index contributed by atoms with van der Waals surface area (Å²) in [5.74, 6) is 0.127. The van der Waals surface area contributed by atoms with Gasteiger partial charge in [-0.3, -0.25) is 0 Å². The zero-order chi connectivity index (χ0) is 12.2. The van der Waals surface area contributed by atoms with Gasteiger partial charge in [-0.2, -0.15) is 15.0 Å². The lowest BCUT2D eigenvalue weighted by molar-refractivity contribution is 0.147. The van der Waals surface area contributed by atoms with E-state index in [0.717, 1.165) is 0 Å². The number of anilines is 1. The summed E-state index contributed by atoms with van der Waals surface area (Å²) in [5.41, 5.74) is -0.935. The van der Waals surface area contributed by atoms with Gasteiger partial charge < -0.3 is 20.3 Å². The number of hydrogen-bond acceptors (Lipinski definition) is 7. The summed E-state index contributed by atoms with van der Waals surface area (Å²) in [6.45, 7) is 1.04. The second kappa shape index (κ2) is 5.24. The van der Waals surface area contributed by atoms with E-state index in [0.29, 0.717) is 0 Å². The standard InChI is InChI=1S/C8H13ClN4O3/c1-8(3-14,4-15)13-6-10-5(9)11-7(12-6)16-2/h14-15H,3-4H2,1-2H3,(H,10,11,12,13). The average Bonchev–Trinajstić information content (AvgIpc) is 2.28. The van der Waals surface area contributed by atoms with Gasteiger partial charge in [0.05, 0.1) is 25.9 Å². The SMILES string of the molecule is COc1nc(Cl)nc(NC(C)(CO)CO)n1. The lowest BCUT2D eigenvalue weighted by Gasteiger charge is -2.25. The molecule has 16 heavy (non-hydrogen) atoms. The molecule has 8 heteroatoms. The quantitative estimate of drug-likeness (QED) is 0.657. The number of aromatic nitrogens is 3. The Labute approximate surface area is 97.5 Å². The number of hydrogen-bond donors (Lipinski definition) is 3. The van der Waals surface area contributed by atoms with E-state index >= 15 is 0 Å².